The van der Waals surface area contributed by atoms with Gasteiger partial charge < -0.3 is 15.2 Å². The maximum absolute atomic E-state index is 15.9. The molecular formula is C36H32F8N2O4S. The molecule has 2 N–H and O–H groups in total. The maximum Gasteiger partial charge on any atom is 0.573 e. The van der Waals surface area contributed by atoms with Crippen LogP contribution in [0.1, 0.15) is 66.6 Å². The van der Waals surface area contributed by atoms with Crippen LogP contribution < -0.4 is 15.6 Å². The van der Waals surface area contributed by atoms with Crippen molar-refractivity contribution in [2.45, 2.75) is 74.4 Å². The van der Waals surface area contributed by atoms with Crippen LogP contribution in [0.25, 0.3) is 11.1 Å². The summed E-state index contributed by atoms with van der Waals surface area (Å²) >= 11 is 1.14. The van der Waals surface area contributed by atoms with E-state index < -0.39 is 87.0 Å². The van der Waals surface area contributed by atoms with Gasteiger partial charge in [0.25, 0.3) is 5.56 Å². The molecular weight excluding hydrogens is 708 g/mol. The van der Waals surface area contributed by atoms with Crippen LogP contribution in [-0.2, 0) is 17.4 Å². The number of aromatic nitrogens is 1. The van der Waals surface area contributed by atoms with Gasteiger partial charge in [-0.05, 0) is 68.6 Å². The molecule has 0 amide bonds. The molecule has 0 radical (unpaired) electrons. The number of hydrogen-bond donors (Lipinski definition) is 2. The Bertz CT molecular complexity index is 1990. The average molecular weight is 741 g/mol. The fourth-order valence-electron chi connectivity index (χ4n) is 6.55. The first-order chi connectivity index (χ1) is 23.8. The number of ether oxygens (including phenoxy) is 1. The lowest BCUT2D eigenvalue weighted by atomic mass is 9.88. The maximum atomic E-state index is 15.9. The zero-order valence-electron chi connectivity index (χ0n) is 27.4. The normalized spacial score (nSPS) is 16.2. The Hall–Kier alpha value is -4.37. The molecule has 15 heteroatoms. The third-order valence-electron chi connectivity index (χ3n) is 8.73. The summed E-state index contributed by atoms with van der Waals surface area (Å²) in [6.07, 6.45) is -10.9. The fourth-order valence-corrected chi connectivity index (χ4v) is 8.05. The van der Waals surface area contributed by atoms with Gasteiger partial charge in [-0.25, -0.2) is 8.78 Å². The Morgan fingerprint density at radius 3 is 2.27 bits per heavy atom. The number of fused-ring (bicyclic) bond motifs is 1. The van der Waals surface area contributed by atoms with Gasteiger partial charge in [-0.15, -0.1) is 13.2 Å². The monoisotopic (exact) mass is 740 g/mol. The van der Waals surface area contributed by atoms with Gasteiger partial charge in [0.1, 0.15) is 5.82 Å². The number of rotatable bonds is 11. The third kappa shape index (κ3) is 7.93. The van der Waals surface area contributed by atoms with E-state index in [2.05, 4.69) is 10.1 Å². The summed E-state index contributed by atoms with van der Waals surface area (Å²) in [5.41, 5.74) is -3.24. The van der Waals surface area contributed by atoms with Crippen molar-refractivity contribution in [3.05, 3.63) is 117 Å². The van der Waals surface area contributed by atoms with Gasteiger partial charge in [0.05, 0.1) is 28.2 Å². The lowest BCUT2D eigenvalue weighted by molar-refractivity contribution is -0.275. The van der Waals surface area contributed by atoms with Crippen LogP contribution in [-0.4, -0.2) is 33.3 Å². The summed E-state index contributed by atoms with van der Waals surface area (Å²) < 4.78 is 118. The Morgan fingerprint density at radius 2 is 1.65 bits per heavy atom. The third-order valence-corrected chi connectivity index (χ3v) is 10.1. The number of benzene rings is 3. The first-order valence-corrected chi connectivity index (χ1v) is 16.5. The van der Waals surface area contributed by atoms with Crippen molar-refractivity contribution < 1.29 is 49.8 Å². The summed E-state index contributed by atoms with van der Waals surface area (Å²) in [6, 6.07) is 12.5. The molecule has 0 bridgehead atoms. The first kappa shape index (κ1) is 37.9. The Labute approximate surface area is 291 Å². The predicted molar refractivity (Wildman–Crippen MR) is 175 cm³/mol. The van der Waals surface area contributed by atoms with E-state index >= 15 is 8.78 Å². The number of carboxylic acids is 1. The summed E-state index contributed by atoms with van der Waals surface area (Å²) in [5, 5.41) is 12.7. The number of alkyl halides is 6. The second-order valence-corrected chi connectivity index (χ2v) is 14.2. The average Bonchev–Trinajstić information content (AvgIpc) is 3.31. The largest absolute Gasteiger partial charge is 0.573 e. The Morgan fingerprint density at radius 1 is 0.980 bits per heavy atom. The van der Waals surface area contributed by atoms with Gasteiger partial charge in [-0.3, -0.25) is 14.2 Å². The van der Waals surface area contributed by atoms with E-state index in [0.717, 1.165) is 42.1 Å². The first-order valence-electron chi connectivity index (χ1n) is 15.7. The fraction of sp³-hybridized carbons (Fsp3) is 0.333. The zero-order chi connectivity index (χ0) is 37.5. The molecule has 2 unspecified atom stereocenters. The number of thioether (sulfide) groups is 1. The van der Waals surface area contributed by atoms with Crippen LogP contribution in [0.3, 0.4) is 0 Å². The number of hydrogen-bond acceptors (Lipinski definition) is 5. The second-order valence-electron chi connectivity index (χ2n) is 12.6. The van der Waals surface area contributed by atoms with Crippen molar-refractivity contribution in [1.29, 1.82) is 0 Å². The molecule has 1 aliphatic rings. The van der Waals surface area contributed by atoms with E-state index in [-0.39, 0.29) is 35.5 Å². The second kappa shape index (κ2) is 14.3. The topological polar surface area (TPSA) is 80.6 Å². The SMILES string of the molecule is Cc1c(Cc2c(F)cccc2C(F)(F)F)c2n(c(=O)c1-c1cccc(OC(F)(F)F)c1F)C(C(NCCCC(=O)O)c1ccccc1)C(C)(C)S2. The van der Waals surface area contributed by atoms with Gasteiger partial charge in [-0.1, -0.05) is 60.3 Å². The number of nitrogens with zero attached hydrogens (tertiary/aromatic N) is 1. The predicted octanol–water partition coefficient (Wildman–Crippen LogP) is 9.23. The van der Waals surface area contributed by atoms with Crippen LogP contribution in [0.15, 0.2) is 76.6 Å². The van der Waals surface area contributed by atoms with Gasteiger partial charge in [0.15, 0.2) is 11.6 Å². The molecule has 4 aromatic rings. The van der Waals surface area contributed by atoms with Crippen molar-refractivity contribution in [1.82, 2.24) is 9.88 Å². The van der Waals surface area contributed by atoms with Gasteiger partial charge >= 0.3 is 18.5 Å². The number of carboxylic acid groups (broad SMARTS) is 1. The lowest BCUT2D eigenvalue weighted by Crippen LogP contribution is -2.42. The van der Waals surface area contributed by atoms with E-state index in [1.807, 2.05) is 0 Å². The van der Waals surface area contributed by atoms with Crippen LogP contribution in [0, 0.1) is 18.6 Å². The molecule has 51 heavy (non-hydrogen) atoms. The van der Waals surface area contributed by atoms with Gasteiger partial charge in [0.2, 0.25) is 0 Å². The highest BCUT2D eigenvalue weighted by Gasteiger charge is 2.48. The van der Waals surface area contributed by atoms with Crippen molar-refractivity contribution in [2.75, 3.05) is 6.54 Å². The quantitative estimate of drug-likeness (QED) is 0.118. The number of carbonyl (C=O) groups is 1. The van der Waals surface area contributed by atoms with Crippen molar-refractivity contribution >= 4 is 17.7 Å². The number of halogens is 8. The molecule has 2 atom stereocenters. The number of nitrogens with one attached hydrogen (secondary N) is 1. The minimum Gasteiger partial charge on any atom is -0.481 e. The molecule has 0 aliphatic carbocycles. The van der Waals surface area contributed by atoms with Crippen molar-refractivity contribution in [3.8, 4) is 16.9 Å². The molecule has 5 rings (SSSR count). The Kier molecular flexibility index (Phi) is 10.6. The standard InChI is InChI=1S/C36H32F8N2O4S/c1-19-22(18-23-24(35(39,40)41)13-8-14-25(23)37)33-46(32(49)28(19)21-12-7-15-26(29(21)38)50-36(42,43)44)31(34(2,3)51-33)30(20-10-5-4-6-11-20)45-17-9-16-27(47)48/h4-8,10-15,30-31,45H,9,16-18H2,1-3H3,(H,47,48). The van der Waals surface area contributed by atoms with Crippen LogP contribution in [0.2, 0.25) is 0 Å². The highest BCUT2D eigenvalue weighted by molar-refractivity contribution is 8.00. The van der Waals surface area contributed by atoms with E-state index in [4.69, 9.17) is 0 Å². The Balaban J connectivity index is 1.82. The van der Waals surface area contributed by atoms with Gasteiger partial charge in [-0.2, -0.15) is 13.2 Å². The van der Waals surface area contributed by atoms with E-state index in [1.54, 1.807) is 44.2 Å². The van der Waals surface area contributed by atoms with E-state index in [0.29, 0.717) is 11.6 Å². The molecule has 3 aromatic carbocycles. The summed E-state index contributed by atoms with van der Waals surface area (Å²) in [5.74, 6) is -4.96. The van der Waals surface area contributed by atoms with Gasteiger partial charge in [0, 0.05) is 28.7 Å². The van der Waals surface area contributed by atoms with E-state index in [9.17, 15) is 41.0 Å². The van der Waals surface area contributed by atoms with Crippen LogP contribution >= 0.6 is 11.8 Å². The van der Waals surface area contributed by atoms with Crippen molar-refractivity contribution in [3.63, 3.8) is 0 Å². The van der Waals surface area contributed by atoms with E-state index in [1.165, 1.54) is 11.5 Å². The molecule has 0 fully saturated rings. The summed E-state index contributed by atoms with van der Waals surface area (Å²) in [4.78, 5) is 26.0. The van der Waals surface area contributed by atoms with Crippen LogP contribution in [0.5, 0.6) is 5.75 Å². The molecule has 0 spiro atoms. The molecule has 1 aliphatic heterocycles. The minimum atomic E-state index is -5.29. The number of pyridine rings is 1. The number of aliphatic carboxylic acids is 1. The van der Waals surface area contributed by atoms with Crippen molar-refractivity contribution in [2.24, 2.45) is 0 Å². The summed E-state index contributed by atoms with van der Waals surface area (Å²) in [6.45, 7) is 5.07. The minimum absolute atomic E-state index is 0.0417. The highest BCUT2D eigenvalue weighted by Crippen LogP contribution is 2.55. The summed E-state index contributed by atoms with van der Waals surface area (Å²) in [7, 11) is 0. The highest BCUT2D eigenvalue weighted by atomic mass is 32.2. The molecule has 2 heterocycles. The molecule has 0 saturated carbocycles. The molecule has 0 saturated heterocycles. The molecule has 6 nitrogen and oxygen atoms in total. The zero-order valence-corrected chi connectivity index (χ0v) is 28.2. The smallest absolute Gasteiger partial charge is 0.481 e. The lowest BCUT2D eigenvalue weighted by Gasteiger charge is -2.35. The van der Waals surface area contributed by atoms with Crippen LogP contribution in [0.4, 0.5) is 35.1 Å². The molecule has 272 valence electrons. The molecule has 1 aromatic heterocycles.